The molecule has 100 valence electrons. The number of rotatable bonds is 3. The Morgan fingerprint density at radius 2 is 2.05 bits per heavy atom. The van der Waals surface area contributed by atoms with Gasteiger partial charge in [-0.2, -0.15) is 5.26 Å². The summed E-state index contributed by atoms with van der Waals surface area (Å²) in [5.74, 6) is 0. The number of nitrogens with one attached hydrogen (secondary N) is 1. The van der Waals surface area contributed by atoms with Gasteiger partial charge in [-0.3, -0.25) is 4.90 Å². The van der Waals surface area contributed by atoms with Crippen LogP contribution in [0, 0.1) is 11.3 Å². The molecule has 3 nitrogen and oxygen atoms in total. The van der Waals surface area contributed by atoms with Crippen LogP contribution in [-0.2, 0) is 0 Å². The molecule has 2 heterocycles. The van der Waals surface area contributed by atoms with Crippen molar-refractivity contribution in [1.82, 2.24) is 10.2 Å². The van der Waals surface area contributed by atoms with E-state index in [4.69, 9.17) is 5.26 Å². The second-order valence-corrected chi connectivity index (χ2v) is 5.76. The SMILES string of the molecule is CC(NC1CCN2CCCC12)c1ccc(C#N)cc1. The molecule has 0 aliphatic carbocycles. The van der Waals surface area contributed by atoms with Crippen LogP contribution in [0.15, 0.2) is 24.3 Å². The Kier molecular flexibility index (Phi) is 3.54. The Bertz CT molecular complexity index is 474. The molecule has 1 aromatic rings. The van der Waals surface area contributed by atoms with Crippen LogP contribution in [0.3, 0.4) is 0 Å². The lowest BCUT2D eigenvalue weighted by Crippen LogP contribution is -2.40. The predicted molar refractivity (Wildman–Crippen MR) is 75.7 cm³/mol. The number of fused-ring (bicyclic) bond motifs is 1. The van der Waals surface area contributed by atoms with Crippen LogP contribution in [0.2, 0.25) is 0 Å². The molecule has 2 aliphatic heterocycles. The van der Waals surface area contributed by atoms with Crippen LogP contribution in [0.4, 0.5) is 0 Å². The van der Waals surface area contributed by atoms with Gasteiger partial charge in [-0.15, -0.1) is 0 Å². The Balaban J connectivity index is 1.64. The lowest BCUT2D eigenvalue weighted by Gasteiger charge is -2.25. The van der Waals surface area contributed by atoms with Crippen LogP contribution in [-0.4, -0.2) is 30.1 Å². The molecule has 0 aromatic heterocycles. The molecule has 3 heteroatoms. The average Bonchev–Trinajstić information content (AvgIpc) is 3.04. The van der Waals surface area contributed by atoms with E-state index in [1.807, 2.05) is 12.1 Å². The molecule has 1 aromatic carbocycles. The maximum Gasteiger partial charge on any atom is 0.0991 e. The van der Waals surface area contributed by atoms with E-state index in [2.05, 4.69) is 35.3 Å². The predicted octanol–water partition coefficient (Wildman–Crippen LogP) is 2.45. The second kappa shape index (κ2) is 5.32. The molecule has 0 amide bonds. The summed E-state index contributed by atoms with van der Waals surface area (Å²) in [7, 11) is 0. The molecule has 3 atom stereocenters. The molecule has 0 radical (unpaired) electrons. The lowest BCUT2D eigenvalue weighted by atomic mass is 10.0. The number of nitrogens with zero attached hydrogens (tertiary/aromatic N) is 2. The smallest absolute Gasteiger partial charge is 0.0991 e. The molecule has 1 N–H and O–H groups in total. The Morgan fingerprint density at radius 1 is 1.26 bits per heavy atom. The third-order valence-corrected chi connectivity index (χ3v) is 4.61. The summed E-state index contributed by atoms with van der Waals surface area (Å²) in [6, 6.07) is 11.9. The third-order valence-electron chi connectivity index (χ3n) is 4.61. The fourth-order valence-corrected chi connectivity index (χ4v) is 3.54. The van der Waals surface area contributed by atoms with Gasteiger partial charge in [-0.05, 0) is 50.4 Å². The summed E-state index contributed by atoms with van der Waals surface area (Å²) in [4.78, 5) is 2.63. The first kappa shape index (κ1) is 12.7. The van der Waals surface area contributed by atoms with Gasteiger partial charge in [-0.1, -0.05) is 12.1 Å². The van der Waals surface area contributed by atoms with Crippen molar-refractivity contribution in [1.29, 1.82) is 5.26 Å². The molecule has 2 fully saturated rings. The molecule has 2 saturated heterocycles. The maximum atomic E-state index is 8.83. The van der Waals surface area contributed by atoms with Gasteiger partial charge in [0.05, 0.1) is 11.6 Å². The fourth-order valence-electron chi connectivity index (χ4n) is 3.54. The van der Waals surface area contributed by atoms with E-state index in [1.54, 1.807) is 0 Å². The highest BCUT2D eigenvalue weighted by atomic mass is 15.2. The number of hydrogen-bond acceptors (Lipinski definition) is 3. The Hall–Kier alpha value is -1.37. The van der Waals surface area contributed by atoms with Gasteiger partial charge in [0.2, 0.25) is 0 Å². The Labute approximate surface area is 115 Å². The highest BCUT2D eigenvalue weighted by Crippen LogP contribution is 2.29. The summed E-state index contributed by atoms with van der Waals surface area (Å²) in [6.45, 7) is 4.76. The van der Waals surface area contributed by atoms with Crippen LogP contribution in [0.5, 0.6) is 0 Å². The normalized spacial score (nSPS) is 28.0. The first-order valence-electron chi connectivity index (χ1n) is 7.28. The number of nitriles is 1. The van der Waals surface area contributed by atoms with Crippen molar-refractivity contribution in [2.24, 2.45) is 0 Å². The van der Waals surface area contributed by atoms with E-state index in [1.165, 1.54) is 37.9 Å². The van der Waals surface area contributed by atoms with E-state index in [9.17, 15) is 0 Å². The zero-order chi connectivity index (χ0) is 13.2. The van der Waals surface area contributed by atoms with Crippen molar-refractivity contribution >= 4 is 0 Å². The maximum absolute atomic E-state index is 8.83. The first-order valence-corrected chi connectivity index (χ1v) is 7.28. The molecular weight excluding hydrogens is 234 g/mol. The van der Waals surface area contributed by atoms with Gasteiger partial charge in [0.1, 0.15) is 0 Å². The van der Waals surface area contributed by atoms with Gasteiger partial charge in [0.15, 0.2) is 0 Å². The summed E-state index contributed by atoms with van der Waals surface area (Å²) < 4.78 is 0. The molecule has 0 saturated carbocycles. The highest BCUT2D eigenvalue weighted by molar-refractivity contribution is 5.32. The molecule has 3 unspecified atom stereocenters. The van der Waals surface area contributed by atoms with Gasteiger partial charge >= 0.3 is 0 Å². The molecule has 19 heavy (non-hydrogen) atoms. The van der Waals surface area contributed by atoms with E-state index in [-0.39, 0.29) is 0 Å². The van der Waals surface area contributed by atoms with Crippen molar-refractivity contribution in [3.63, 3.8) is 0 Å². The first-order chi connectivity index (χ1) is 9.28. The number of hydrogen-bond donors (Lipinski definition) is 1. The lowest BCUT2D eigenvalue weighted by molar-refractivity contribution is 0.291. The van der Waals surface area contributed by atoms with E-state index in [0.29, 0.717) is 12.1 Å². The van der Waals surface area contributed by atoms with Crippen LogP contribution >= 0.6 is 0 Å². The Morgan fingerprint density at radius 3 is 2.79 bits per heavy atom. The minimum atomic E-state index is 0.360. The average molecular weight is 255 g/mol. The van der Waals surface area contributed by atoms with Gasteiger partial charge in [0, 0.05) is 24.7 Å². The fraction of sp³-hybridized carbons (Fsp3) is 0.562. The van der Waals surface area contributed by atoms with Crippen molar-refractivity contribution < 1.29 is 0 Å². The van der Waals surface area contributed by atoms with E-state index < -0.39 is 0 Å². The van der Waals surface area contributed by atoms with Crippen molar-refractivity contribution in [2.75, 3.05) is 13.1 Å². The van der Waals surface area contributed by atoms with E-state index in [0.717, 1.165) is 11.6 Å². The summed E-state index contributed by atoms with van der Waals surface area (Å²) in [6.07, 6.45) is 3.97. The monoisotopic (exact) mass is 255 g/mol. The third kappa shape index (κ3) is 2.51. The zero-order valence-corrected chi connectivity index (χ0v) is 11.5. The van der Waals surface area contributed by atoms with Gasteiger partial charge in [0.25, 0.3) is 0 Å². The molecule has 2 aliphatic rings. The molecule has 0 bridgehead atoms. The van der Waals surface area contributed by atoms with Gasteiger partial charge in [-0.25, -0.2) is 0 Å². The summed E-state index contributed by atoms with van der Waals surface area (Å²) >= 11 is 0. The van der Waals surface area contributed by atoms with Gasteiger partial charge < -0.3 is 5.32 Å². The minimum Gasteiger partial charge on any atom is -0.306 e. The van der Waals surface area contributed by atoms with Crippen molar-refractivity contribution in [3.8, 4) is 6.07 Å². The van der Waals surface area contributed by atoms with Crippen molar-refractivity contribution in [3.05, 3.63) is 35.4 Å². The van der Waals surface area contributed by atoms with Crippen LogP contribution < -0.4 is 5.32 Å². The van der Waals surface area contributed by atoms with E-state index >= 15 is 0 Å². The van der Waals surface area contributed by atoms with Crippen molar-refractivity contribution in [2.45, 2.75) is 44.3 Å². The minimum absolute atomic E-state index is 0.360. The molecular formula is C16H21N3. The highest BCUT2D eigenvalue weighted by Gasteiger charge is 2.37. The van der Waals surface area contributed by atoms with Crippen LogP contribution in [0.1, 0.15) is 43.4 Å². The molecule has 3 rings (SSSR count). The standard InChI is InChI=1S/C16H21N3/c1-12(14-6-4-13(11-17)5-7-14)18-15-8-10-19-9-2-3-16(15)19/h4-7,12,15-16,18H,2-3,8-10H2,1H3. The van der Waals surface area contributed by atoms with Crippen LogP contribution in [0.25, 0.3) is 0 Å². The topological polar surface area (TPSA) is 39.1 Å². The summed E-state index contributed by atoms with van der Waals surface area (Å²) in [5, 5.41) is 12.6. The molecule has 0 spiro atoms. The largest absolute Gasteiger partial charge is 0.306 e. The second-order valence-electron chi connectivity index (χ2n) is 5.76. The zero-order valence-electron chi connectivity index (χ0n) is 11.5. The summed E-state index contributed by atoms with van der Waals surface area (Å²) in [5.41, 5.74) is 2.01. The number of benzene rings is 1. The quantitative estimate of drug-likeness (QED) is 0.901.